The molecule has 17 heavy (non-hydrogen) atoms. The summed E-state index contributed by atoms with van der Waals surface area (Å²) in [6.45, 7) is 0. The van der Waals surface area contributed by atoms with E-state index in [1.165, 1.54) is 0 Å². The van der Waals surface area contributed by atoms with Gasteiger partial charge < -0.3 is 9.63 Å². The van der Waals surface area contributed by atoms with E-state index in [1.54, 1.807) is 18.2 Å². The standard InChI is InChI=1S/C13H8BrNO2/c14-8-5-6-9-11(7-8)15-17-13(9)10-3-1-2-4-12(10)16/h1-7,16H. The Hall–Kier alpha value is -1.81. The fourth-order valence-electron chi connectivity index (χ4n) is 1.78. The molecule has 0 unspecified atom stereocenters. The van der Waals surface area contributed by atoms with Gasteiger partial charge in [-0.1, -0.05) is 33.2 Å². The first-order chi connectivity index (χ1) is 8.25. The number of para-hydroxylation sites is 1. The van der Waals surface area contributed by atoms with E-state index in [1.807, 2.05) is 24.3 Å². The zero-order chi connectivity index (χ0) is 11.8. The minimum absolute atomic E-state index is 0.188. The number of nitrogens with zero attached hydrogens (tertiary/aromatic N) is 1. The number of hydrogen-bond acceptors (Lipinski definition) is 3. The number of benzene rings is 2. The maximum Gasteiger partial charge on any atom is 0.178 e. The highest BCUT2D eigenvalue weighted by molar-refractivity contribution is 9.10. The van der Waals surface area contributed by atoms with Crippen LogP contribution in [0.25, 0.3) is 22.2 Å². The molecule has 1 N–H and O–H groups in total. The van der Waals surface area contributed by atoms with Crippen molar-refractivity contribution in [3.05, 3.63) is 46.9 Å². The lowest BCUT2D eigenvalue weighted by molar-refractivity contribution is 0.433. The van der Waals surface area contributed by atoms with Gasteiger partial charge in [0.1, 0.15) is 11.3 Å². The van der Waals surface area contributed by atoms with Gasteiger partial charge >= 0.3 is 0 Å². The third-order valence-electron chi connectivity index (χ3n) is 2.59. The molecule has 3 rings (SSSR count). The third-order valence-corrected chi connectivity index (χ3v) is 3.08. The number of rotatable bonds is 1. The van der Waals surface area contributed by atoms with Crippen molar-refractivity contribution < 1.29 is 9.63 Å². The van der Waals surface area contributed by atoms with Crippen LogP contribution in [0.5, 0.6) is 5.75 Å². The van der Waals surface area contributed by atoms with Crippen LogP contribution >= 0.6 is 15.9 Å². The predicted octanol–water partition coefficient (Wildman–Crippen LogP) is 3.96. The molecule has 1 aromatic heterocycles. The van der Waals surface area contributed by atoms with Crippen LogP contribution in [0.4, 0.5) is 0 Å². The molecular formula is C13H8BrNO2. The first-order valence-electron chi connectivity index (χ1n) is 5.09. The van der Waals surface area contributed by atoms with Crippen molar-refractivity contribution in [2.45, 2.75) is 0 Å². The number of phenolic OH excluding ortho intramolecular Hbond substituents is 1. The summed E-state index contributed by atoms with van der Waals surface area (Å²) in [6, 6.07) is 12.8. The molecule has 0 aliphatic carbocycles. The van der Waals surface area contributed by atoms with E-state index in [-0.39, 0.29) is 5.75 Å². The van der Waals surface area contributed by atoms with Crippen LogP contribution in [0.3, 0.4) is 0 Å². The van der Waals surface area contributed by atoms with Crippen LogP contribution in [0.1, 0.15) is 0 Å². The second-order valence-corrected chi connectivity index (χ2v) is 4.61. The molecule has 0 bridgehead atoms. The van der Waals surface area contributed by atoms with E-state index in [0.29, 0.717) is 11.3 Å². The Kier molecular flexibility index (Phi) is 2.37. The van der Waals surface area contributed by atoms with Crippen LogP contribution in [0, 0.1) is 0 Å². The van der Waals surface area contributed by atoms with Crippen molar-refractivity contribution >= 4 is 26.8 Å². The van der Waals surface area contributed by atoms with Crippen LogP contribution in [-0.4, -0.2) is 10.3 Å². The Balaban J connectivity index is 2.29. The average Bonchev–Trinajstić information content (AvgIpc) is 2.72. The summed E-state index contributed by atoms with van der Waals surface area (Å²) < 4.78 is 6.25. The second kappa shape index (κ2) is 3.89. The Bertz CT molecular complexity index is 691. The molecule has 2 aromatic carbocycles. The molecule has 0 amide bonds. The number of aromatic hydroxyl groups is 1. The summed E-state index contributed by atoms with van der Waals surface area (Å²) in [5.41, 5.74) is 1.41. The van der Waals surface area contributed by atoms with E-state index in [0.717, 1.165) is 15.4 Å². The van der Waals surface area contributed by atoms with E-state index in [4.69, 9.17) is 4.52 Å². The van der Waals surface area contributed by atoms with Gasteiger partial charge in [0.25, 0.3) is 0 Å². The summed E-state index contributed by atoms with van der Waals surface area (Å²) in [5.74, 6) is 0.777. The van der Waals surface area contributed by atoms with Gasteiger partial charge in [0.15, 0.2) is 5.76 Å². The monoisotopic (exact) mass is 289 g/mol. The molecule has 0 aliphatic rings. The zero-order valence-electron chi connectivity index (χ0n) is 8.72. The summed E-state index contributed by atoms with van der Waals surface area (Å²) in [7, 11) is 0. The second-order valence-electron chi connectivity index (χ2n) is 3.69. The van der Waals surface area contributed by atoms with Crippen molar-refractivity contribution in [3.63, 3.8) is 0 Å². The smallest absolute Gasteiger partial charge is 0.178 e. The SMILES string of the molecule is Oc1ccccc1-c1onc2cc(Br)ccc12. The van der Waals surface area contributed by atoms with Gasteiger partial charge in [0, 0.05) is 9.86 Å². The summed E-state index contributed by atoms with van der Waals surface area (Å²) >= 11 is 3.38. The van der Waals surface area contributed by atoms with Gasteiger partial charge in [-0.25, -0.2) is 0 Å². The first kappa shape index (κ1) is 10.4. The molecule has 0 saturated heterocycles. The largest absolute Gasteiger partial charge is 0.507 e. The zero-order valence-corrected chi connectivity index (χ0v) is 10.3. The fraction of sp³-hybridized carbons (Fsp3) is 0. The van der Waals surface area contributed by atoms with Crippen LogP contribution in [0.2, 0.25) is 0 Å². The molecule has 0 fully saturated rings. The van der Waals surface area contributed by atoms with E-state index in [2.05, 4.69) is 21.1 Å². The molecular weight excluding hydrogens is 282 g/mol. The molecule has 4 heteroatoms. The van der Waals surface area contributed by atoms with E-state index >= 15 is 0 Å². The van der Waals surface area contributed by atoms with Crippen molar-refractivity contribution in [2.75, 3.05) is 0 Å². The maximum absolute atomic E-state index is 9.80. The topological polar surface area (TPSA) is 46.3 Å². The van der Waals surface area contributed by atoms with Gasteiger partial charge in [-0.15, -0.1) is 0 Å². The van der Waals surface area contributed by atoms with E-state index in [9.17, 15) is 5.11 Å². The van der Waals surface area contributed by atoms with Gasteiger partial charge in [0.2, 0.25) is 0 Å². The molecule has 84 valence electrons. The van der Waals surface area contributed by atoms with Gasteiger partial charge in [-0.3, -0.25) is 0 Å². The average molecular weight is 290 g/mol. The molecule has 3 nitrogen and oxygen atoms in total. The van der Waals surface area contributed by atoms with Gasteiger partial charge in [-0.05, 0) is 30.3 Å². The maximum atomic E-state index is 9.80. The highest BCUT2D eigenvalue weighted by atomic mass is 79.9. The van der Waals surface area contributed by atoms with Crippen molar-refractivity contribution in [1.29, 1.82) is 0 Å². The lowest BCUT2D eigenvalue weighted by Gasteiger charge is -1.99. The van der Waals surface area contributed by atoms with E-state index < -0.39 is 0 Å². The number of hydrogen-bond donors (Lipinski definition) is 1. The molecule has 0 atom stereocenters. The number of halogens is 1. The van der Waals surface area contributed by atoms with Crippen LogP contribution < -0.4 is 0 Å². The number of fused-ring (bicyclic) bond motifs is 1. The Morgan fingerprint density at radius 2 is 1.94 bits per heavy atom. The van der Waals surface area contributed by atoms with Crippen LogP contribution in [0.15, 0.2) is 51.5 Å². The van der Waals surface area contributed by atoms with Gasteiger partial charge in [-0.2, -0.15) is 0 Å². The molecule has 0 radical (unpaired) electrons. The van der Waals surface area contributed by atoms with Crippen molar-refractivity contribution in [3.8, 4) is 17.1 Å². The Labute approximate surface area is 106 Å². The van der Waals surface area contributed by atoms with Crippen molar-refractivity contribution in [1.82, 2.24) is 5.16 Å². The third kappa shape index (κ3) is 1.70. The molecule has 1 heterocycles. The Morgan fingerprint density at radius 1 is 1.12 bits per heavy atom. The Morgan fingerprint density at radius 3 is 2.76 bits per heavy atom. The predicted molar refractivity (Wildman–Crippen MR) is 68.8 cm³/mol. The first-order valence-corrected chi connectivity index (χ1v) is 5.88. The number of phenols is 1. The molecule has 0 spiro atoms. The quantitative estimate of drug-likeness (QED) is 0.737. The van der Waals surface area contributed by atoms with Gasteiger partial charge in [0.05, 0.1) is 5.56 Å². The summed E-state index contributed by atoms with van der Waals surface area (Å²) in [4.78, 5) is 0. The highest BCUT2D eigenvalue weighted by Gasteiger charge is 2.13. The van der Waals surface area contributed by atoms with Crippen molar-refractivity contribution in [2.24, 2.45) is 0 Å². The summed E-state index contributed by atoms with van der Waals surface area (Å²) in [6.07, 6.45) is 0. The molecule has 0 saturated carbocycles. The number of aromatic nitrogens is 1. The summed E-state index contributed by atoms with van der Waals surface area (Å²) in [5, 5.41) is 14.7. The van der Waals surface area contributed by atoms with Crippen LogP contribution in [-0.2, 0) is 0 Å². The molecule has 0 aliphatic heterocycles. The lowest BCUT2D eigenvalue weighted by atomic mass is 10.1. The minimum atomic E-state index is 0.188. The minimum Gasteiger partial charge on any atom is -0.507 e. The lowest BCUT2D eigenvalue weighted by Crippen LogP contribution is -1.76. The fourth-order valence-corrected chi connectivity index (χ4v) is 2.13. The highest BCUT2D eigenvalue weighted by Crippen LogP contribution is 2.34. The normalized spacial score (nSPS) is 10.9. The molecule has 3 aromatic rings.